The second kappa shape index (κ2) is 5.83. The number of nitrogens with two attached hydrogens (primary N) is 1. The zero-order valence-corrected chi connectivity index (χ0v) is 13.0. The maximum absolute atomic E-state index is 11.6. The number of hydrogen-bond acceptors (Lipinski definition) is 4. The summed E-state index contributed by atoms with van der Waals surface area (Å²) in [6.45, 7) is 7.36. The summed E-state index contributed by atoms with van der Waals surface area (Å²) in [7, 11) is 0. The Labute approximate surface area is 130 Å². The maximum Gasteiger partial charge on any atom is 0.245 e. The Balaban J connectivity index is 1.78. The first-order valence-corrected chi connectivity index (χ1v) is 7.85. The second-order valence-electron chi connectivity index (χ2n) is 5.69. The topological polar surface area (TPSA) is 61.6 Å². The second-order valence-corrected chi connectivity index (χ2v) is 6.09. The number of carbonyl (C=O) groups is 1. The Morgan fingerprint density at radius 2 is 2.05 bits per heavy atom. The molecule has 2 heterocycles. The summed E-state index contributed by atoms with van der Waals surface area (Å²) < 4.78 is 0. The first kappa shape index (κ1) is 14.6. The van der Waals surface area contributed by atoms with Crippen LogP contribution in [0.25, 0.3) is 0 Å². The van der Waals surface area contributed by atoms with Crippen molar-refractivity contribution in [2.45, 2.75) is 19.4 Å². The van der Waals surface area contributed by atoms with Crippen LogP contribution < -0.4 is 16.0 Å². The molecule has 5 nitrogen and oxygen atoms in total. The number of anilines is 2. The van der Waals surface area contributed by atoms with E-state index in [-0.39, 0.29) is 5.91 Å². The molecule has 1 saturated heterocycles. The van der Waals surface area contributed by atoms with E-state index in [9.17, 15) is 4.79 Å². The molecule has 2 aliphatic heterocycles. The number of nitrogens with one attached hydrogen (secondary N) is 1. The number of amides is 1. The minimum Gasteiger partial charge on any atom is -0.368 e. The van der Waals surface area contributed by atoms with E-state index in [1.807, 2.05) is 12.1 Å². The molecule has 2 aliphatic rings. The lowest BCUT2D eigenvalue weighted by Gasteiger charge is -2.36. The largest absolute Gasteiger partial charge is 0.368 e. The van der Waals surface area contributed by atoms with E-state index in [2.05, 4.69) is 22.0 Å². The van der Waals surface area contributed by atoms with Crippen molar-refractivity contribution < 1.29 is 4.79 Å². The number of carbonyl (C=O) groups excluding carboxylic acids is 1. The fraction of sp³-hybridized carbons (Fsp3) is 0.533. The molecular formula is C15H21ClN4O. The molecule has 1 aromatic carbocycles. The van der Waals surface area contributed by atoms with Crippen LogP contribution >= 0.6 is 11.6 Å². The minimum atomic E-state index is -0.604. The van der Waals surface area contributed by atoms with E-state index in [4.69, 9.17) is 17.3 Å². The molecule has 1 amide bonds. The zero-order valence-electron chi connectivity index (χ0n) is 12.2. The number of nitrogens with zero attached hydrogens (tertiary/aromatic N) is 2. The van der Waals surface area contributed by atoms with E-state index < -0.39 is 6.04 Å². The first-order chi connectivity index (χ1) is 10.1. The van der Waals surface area contributed by atoms with Gasteiger partial charge in [0.25, 0.3) is 0 Å². The molecule has 1 aromatic rings. The van der Waals surface area contributed by atoms with Crippen LogP contribution in [0, 0.1) is 0 Å². The first-order valence-electron chi connectivity index (χ1n) is 7.47. The van der Waals surface area contributed by atoms with Crippen LogP contribution in [-0.2, 0) is 4.79 Å². The molecule has 1 unspecified atom stereocenters. The van der Waals surface area contributed by atoms with Crippen molar-refractivity contribution in [3.63, 3.8) is 0 Å². The van der Waals surface area contributed by atoms with Crippen molar-refractivity contribution in [2.24, 2.45) is 5.73 Å². The lowest BCUT2D eigenvalue weighted by molar-refractivity contribution is -0.116. The molecule has 0 radical (unpaired) electrons. The van der Waals surface area contributed by atoms with Crippen LogP contribution in [0.3, 0.4) is 0 Å². The van der Waals surface area contributed by atoms with Gasteiger partial charge >= 0.3 is 0 Å². The molecule has 1 fully saturated rings. The van der Waals surface area contributed by atoms with E-state index >= 15 is 0 Å². The van der Waals surface area contributed by atoms with Crippen molar-refractivity contribution in [3.05, 3.63) is 22.7 Å². The molecule has 0 aliphatic carbocycles. The van der Waals surface area contributed by atoms with Gasteiger partial charge < -0.3 is 16.0 Å². The van der Waals surface area contributed by atoms with E-state index in [0.717, 1.165) is 49.7 Å². The third-order valence-electron chi connectivity index (χ3n) is 4.25. The minimum absolute atomic E-state index is 0.161. The fourth-order valence-electron chi connectivity index (χ4n) is 3.07. The highest BCUT2D eigenvalue weighted by molar-refractivity contribution is 6.33. The van der Waals surface area contributed by atoms with Crippen LogP contribution in [0.1, 0.15) is 24.9 Å². The number of hydrogen-bond donors (Lipinski definition) is 2. The lowest BCUT2D eigenvalue weighted by atomic mass is 10.1. The van der Waals surface area contributed by atoms with Gasteiger partial charge in [-0.2, -0.15) is 0 Å². The molecule has 0 aromatic heterocycles. The van der Waals surface area contributed by atoms with Crippen LogP contribution in [0.2, 0.25) is 5.02 Å². The highest BCUT2D eigenvalue weighted by Gasteiger charge is 2.29. The van der Waals surface area contributed by atoms with Crippen LogP contribution in [0.4, 0.5) is 11.4 Å². The average molecular weight is 309 g/mol. The summed E-state index contributed by atoms with van der Waals surface area (Å²) in [5, 5.41) is 3.49. The van der Waals surface area contributed by atoms with Crippen LogP contribution in [-0.4, -0.2) is 43.5 Å². The van der Waals surface area contributed by atoms with Crippen molar-refractivity contribution in [3.8, 4) is 0 Å². The third-order valence-corrected chi connectivity index (χ3v) is 4.55. The summed E-state index contributed by atoms with van der Waals surface area (Å²) in [5.74, 6) is -0.161. The Bertz CT molecular complexity index is 555. The molecule has 0 spiro atoms. The molecule has 21 heavy (non-hydrogen) atoms. The van der Waals surface area contributed by atoms with Gasteiger partial charge in [0, 0.05) is 37.4 Å². The predicted octanol–water partition coefficient (Wildman–Crippen LogP) is 1.82. The maximum atomic E-state index is 11.6. The van der Waals surface area contributed by atoms with Crippen LogP contribution in [0.5, 0.6) is 0 Å². The molecular weight excluding hydrogens is 288 g/mol. The van der Waals surface area contributed by atoms with Gasteiger partial charge in [-0.05, 0) is 25.1 Å². The highest BCUT2D eigenvalue weighted by atomic mass is 35.5. The lowest BCUT2D eigenvalue weighted by Crippen LogP contribution is -2.46. The number of piperazine rings is 1. The standard InChI is InChI=1S/C15H21ClN4O/c1-2-3-19-4-6-20(7-5-19)13-9-12-10(8-11(13)16)14(17)15(21)18-12/h8-9,14H,2-7,17H2,1H3,(H,18,21). The zero-order chi connectivity index (χ0) is 15.0. The molecule has 6 heteroatoms. The highest BCUT2D eigenvalue weighted by Crippen LogP contribution is 2.38. The van der Waals surface area contributed by atoms with E-state index in [1.54, 1.807) is 0 Å². The molecule has 114 valence electrons. The van der Waals surface area contributed by atoms with Crippen molar-refractivity contribution in [1.82, 2.24) is 4.90 Å². The van der Waals surface area contributed by atoms with Crippen molar-refractivity contribution in [1.29, 1.82) is 0 Å². The normalized spacial score (nSPS) is 22.3. The van der Waals surface area contributed by atoms with Crippen molar-refractivity contribution >= 4 is 28.9 Å². The van der Waals surface area contributed by atoms with Gasteiger partial charge in [0.1, 0.15) is 6.04 Å². The van der Waals surface area contributed by atoms with Gasteiger partial charge in [-0.25, -0.2) is 0 Å². The Hall–Kier alpha value is -1.30. The van der Waals surface area contributed by atoms with Gasteiger partial charge in [0.2, 0.25) is 5.91 Å². The van der Waals surface area contributed by atoms with Gasteiger partial charge in [0.05, 0.1) is 10.7 Å². The van der Waals surface area contributed by atoms with Gasteiger partial charge in [-0.3, -0.25) is 9.69 Å². The number of fused-ring (bicyclic) bond motifs is 1. The Morgan fingerprint density at radius 1 is 1.33 bits per heavy atom. The fourth-order valence-corrected chi connectivity index (χ4v) is 3.36. The summed E-state index contributed by atoms with van der Waals surface area (Å²) in [4.78, 5) is 16.4. The number of halogens is 1. The van der Waals surface area contributed by atoms with Gasteiger partial charge in [0.15, 0.2) is 0 Å². The van der Waals surface area contributed by atoms with Crippen LogP contribution in [0.15, 0.2) is 12.1 Å². The summed E-state index contributed by atoms with van der Waals surface area (Å²) in [6, 6.07) is 3.18. The average Bonchev–Trinajstić information content (AvgIpc) is 2.75. The number of benzene rings is 1. The van der Waals surface area contributed by atoms with E-state index in [0.29, 0.717) is 5.02 Å². The Morgan fingerprint density at radius 3 is 2.71 bits per heavy atom. The van der Waals surface area contributed by atoms with E-state index in [1.165, 1.54) is 6.42 Å². The van der Waals surface area contributed by atoms with Gasteiger partial charge in [-0.15, -0.1) is 0 Å². The Kier molecular flexibility index (Phi) is 4.06. The summed E-state index contributed by atoms with van der Waals surface area (Å²) in [5.41, 5.74) is 8.42. The third kappa shape index (κ3) is 2.73. The van der Waals surface area contributed by atoms with Crippen molar-refractivity contribution in [2.75, 3.05) is 42.9 Å². The smallest absolute Gasteiger partial charge is 0.245 e. The molecule has 3 rings (SSSR count). The summed E-state index contributed by atoms with van der Waals surface area (Å²) >= 11 is 6.40. The summed E-state index contributed by atoms with van der Waals surface area (Å²) in [6.07, 6.45) is 1.18. The monoisotopic (exact) mass is 308 g/mol. The molecule has 1 atom stereocenters. The SMILES string of the molecule is CCCN1CCN(c2cc3c(cc2Cl)C(N)C(=O)N3)CC1. The molecule has 0 saturated carbocycles. The molecule has 3 N–H and O–H groups in total. The number of rotatable bonds is 3. The molecule has 0 bridgehead atoms. The van der Waals surface area contributed by atoms with Gasteiger partial charge in [-0.1, -0.05) is 18.5 Å². The predicted molar refractivity (Wildman–Crippen MR) is 86.0 cm³/mol. The quantitative estimate of drug-likeness (QED) is 0.894.